The zero-order valence-electron chi connectivity index (χ0n) is 25.4. The summed E-state index contributed by atoms with van der Waals surface area (Å²) in [6, 6.07) is 5.46. The summed E-state index contributed by atoms with van der Waals surface area (Å²) < 4.78 is 38.9. The highest BCUT2D eigenvalue weighted by Gasteiger charge is 2.35. The number of halogens is 3. The molecule has 2 aromatic carbocycles. The minimum absolute atomic E-state index is 0.0224. The molecule has 0 radical (unpaired) electrons. The van der Waals surface area contributed by atoms with Crippen molar-refractivity contribution in [2.24, 2.45) is 11.8 Å². The quantitative estimate of drug-likeness (QED) is 0.225. The number of nitro benzene ring substituents is 2. The Kier molecular flexibility index (Phi) is 10.8. The molecular formula is C31H34F3N5O8. The van der Waals surface area contributed by atoms with Gasteiger partial charge in [0, 0.05) is 57.7 Å². The molecule has 2 aliphatic heterocycles. The van der Waals surface area contributed by atoms with Gasteiger partial charge in [-0.2, -0.15) is 13.2 Å². The van der Waals surface area contributed by atoms with Crippen LogP contribution in [0.3, 0.4) is 0 Å². The molecule has 4 rings (SSSR count). The number of aromatic hydroxyl groups is 1. The first kappa shape index (κ1) is 34.8. The number of amides is 3. The highest BCUT2D eigenvalue weighted by atomic mass is 19.4. The van der Waals surface area contributed by atoms with Crippen molar-refractivity contribution in [2.75, 3.05) is 26.2 Å². The monoisotopic (exact) mass is 661 g/mol. The van der Waals surface area contributed by atoms with E-state index in [0.717, 1.165) is 37.1 Å². The Bertz CT molecular complexity index is 1530. The molecule has 0 aromatic heterocycles. The molecule has 47 heavy (non-hydrogen) atoms. The van der Waals surface area contributed by atoms with Crippen LogP contribution in [0.5, 0.6) is 5.75 Å². The maximum absolute atomic E-state index is 13.5. The van der Waals surface area contributed by atoms with Crippen LogP contribution in [0.25, 0.3) is 6.08 Å². The molecule has 0 bridgehead atoms. The first-order chi connectivity index (χ1) is 22.1. The fourth-order valence-corrected chi connectivity index (χ4v) is 6.23. The molecule has 13 nitrogen and oxygen atoms in total. The minimum atomic E-state index is -4.48. The van der Waals surface area contributed by atoms with E-state index in [1.165, 1.54) is 31.2 Å². The third-order valence-electron chi connectivity index (χ3n) is 8.64. The number of carbonyl (C=O) groups is 3. The molecule has 0 spiro atoms. The molecule has 252 valence electrons. The fraction of sp³-hybridized carbons (Fsp3) is 0.452. The molecule has 3 amide bonds. The molecule has 2 saturated heterocycles. The fourth-order valence-electron chi connectivity index (χ4n) is 6.23. The smallest absolute Gasteiger partial charge is 0.416 e. The number of phenolic OH excluding ortho intramolecular Hbond substituents is 1. The van der Waals surface area contributed by atoms with Gasteiger partial charge >= 0.3 is 17.6 Å². The van der Waals surface area contributed by atoms with E-state index in [1.54, 1.807) is 9.80 Å². The number of hydrogen-bond acceptors (Lipinski definition) is 8. The van der Waals surface area contributed by atoms with E-state index in [4.69, 9.17) is 0 Å². The number of likely N-dealkylation sites (tertiary alicyclic amines) is 2. The third kappa shape index (κ3) is 8.83. The van der Waals surface area contributed by atoms with Gasteiger partial charge in [0.25, 0.3) is 5.75 Å². The largest absolute Gasteiger partial charge is 0.497 e. The Morgan fingerprint density at radius 2 is 1.49 bits per heavy atom. The number of phenols is 1. The van der Waals surface area contributed by atoms with Crippen molar-refractivity contribution in [3.05, 3.63) is 79.4 Å². The van der Waals surface area contributed by atoms with Gasteiger partial charge in [-0.1, -0.05) is 12.1 Å². The summed E-state index contributed by atoms with van der Waals surface area (Å²) in [7, 11) is 0. The number of nitrogens with one attached hydrogen (secondary N) is 1. The Morgan fingerprint density at radius 3 is 1.98 bits per heavy atom. The van der Waals surface area contributed by atoms with Gasteiger partial charge in [0.1, 0.15) is 6.04 Å². The average Bonchev–Trinajstić information content (AvgIpc) is 3.03. The molecule has 1 unspecified atom stereocenters. The number of nitrogens with zero attached hydrogens (tertiary/aromatic N) is 4. The van der Waals surface area contributed by atoms with Gasteiger partial charge in [-0.3, -0.25) is 34.6 Å². The van der Waals surface area contributed by atoms with E-state index in [2.05, 4.69) is 5.32 Å². The van der Waals surface area contributed by atoms with E-state index in [-0.39, 0.29) is 29.4 Å². The molecule has 1 atom stereocenters. The maximum Gasteiger partial charge on any atom is 0.416 e. The first-order valence-electron chi connectivity index (χ1n) is 15.0. The van der Waals surface area contributed by atoms with Crippen molar-refractivity contribution in [1.29, 1.82) is 0 Å². The van der Waals surface area contributed by atoms with Crippen molar-refractivity contribution in [1.82, 2.24) is 15.1 Å². The normalized spacial score (nSPS) is 17.0. The van der Waals surface area contributed by atoms with Gasteiger partial charge in [-0.05, 0) is 66.9 Å². The van der Waals surface area contributed by atoms with E-state index in [1.807, 2.05) is 0 Å². The van der Waals surface area contributed by atoms with Crippen LogP contribution in [0.1, 0.15) is 49.3 Å². The number of benzene rings is 2. The third-order valence-corrected chi connectivity index (χ3v) is 8.64. The maximum atomic E-state index is 13.5. The van der Waals surface area contributed by atoms with E-state index in [9.17, 15) is 52.9 Å². The average molecular weight is 662 g/mol. The minimum Gasteiger partial charge on any atom is -0.497 e. The van der Waals surface area contributed by atoms with Crippen LogP contribution in [0, 0.1) is 32.1 Å². The lowest BCUT2D eigenvalue weighted by atomic mass is 9.78. The Hall–Kier alpha value is -5.02. The highest BCUT2D eigenvalue weighted by molar-refractivity contribution is 5.92. The van der Waals surface area contributed by atoms with Crippen LogP contribution in [-0.2, 0) is 27.0 Å². The van der Waals surface area contributed by atoms with Gasteiger partial charge in [-0.25, -0.2) is 0 Å². The summed E-state index contributed by atoms with van der Waals surface area (Å²) >= 11 is 0. The van der Waals surface area contributed by atoms with E-state index < -0.39 is 56.6 Å². The van der Waals surface area contributed by atoms with Crippen LogP contribution < -0.4 is 5.32 Å². The summed E-state index contributed by atoms with van der Waals surface area (Å²) in [5.74, 6) is -1.78. The standard InChI is InChI=1S/C31H34F3N5O8/c1-19(40)35-25(16-21-17-26(38(44)45)29(42)27(18-21)39(46)47)30(43)37-13-9-23(10-14-37)22-7-11-36(12-8-22)28(41)6-5-20-3-2-4-24(15-20)31(32,33)34/h2-6,15,17-18,22-23,25,42H,7-14,16H2,1H3,(H,35,40)/b6-5+. The van der Waals surface area contributed by atoms with Gasteiger partial charge in [0.05, 0.1) is 15.4 Å². The number of piperidine rings is 2. The van der Waals surface area contributed by atoms with E-state index >= 15 is 0 Å². The second-order valence-corrected chi connectivity index (χ2v) is 11.7. The Morgan fingerprint density at radius 1 is 0.957 bits per heavy atom. The van der Waals surface area contributed by atoms with Gasteiger partial charge in [0.2, 0.25) is 17.7 Å². The first-order valence-corrected chi connectivity index (χ1v) is 15.0. The number of carbonyl (C=O) groups excluding carboxylic acids is 3. The summed E-state index contributed by atoms with van der Waals surface area (Å²) in [4.78, 5) is 62.1. The summed E-state index contributed by atoms with van der Waals surface area (Å²) in [5.41, 5.74) is -2.27. The molecule has 2 N–H and O–H groups in total. The number of hydrogen-bond donors (Lipinski definition) is 2. The van der Waals surface area contributed by atoms with Crippen LogP contribution in [0.2, 0.25) is 0 Å². The van der Waals surface area contributed by atoms with Crippen LogP contribution in [0.4, 0.5) is 24.5 Å². The summed E-state index contributed by atoms with van der Waals surface area (Å²) in [6.07, 6.45) is 0.704. The molecule has 0 saturated carbocycles. The van der Waals surface area contributed by atoms with Gasteiger partial charge in [0.15, 0.2) is 0 Å². The second-order valence-electron chi connectivity index (χ2n) is 11.7. The lowest BCUT2D eigenvalue weighted by molar-refractivity contribution is -0.396. The molecule has 2 aliphatic rings. The molecule has 2 fully saturated rings. The van der Waals surface area contributed by atoms with Gasteiger partial charge < -0.3 is 20.2 Å². The van der Waals surface area contributed by atoms with Crippen molar-refractivity contribution >= 4 is 35.2 Å². The molecule has 2 aromatic rings. The van der Waals surface area contributed by atoms with Crippen LogP contribution >= 0.6 is 0 Å². The summed E-state index contributed by atoms with van der Waals surface area (Å²) in [5, 5.41) is 35.2. The van der Waals surface area contributed by atoms with Gasteiger partial charge in [-0.15, -0.1) is 0 Å². The van der Waals surface area contributed by atoms with Crippen molar-refractivity contribution in [3.63, 3.8) is 0 Å². The molecule has 0 aliphatic carbocycles. The molecular weight excluding hydrogens is 627 g/mol. The number of nitro groups is 2. The van der Waals surface area contributed by atoms with Crippen molar-refractivity contribution in [3.8, 4) is 5.75 Å². The lowest BCUT2D eigenvalue weighted by Crippen LogP contribution is -2.52. The Labute approximate surface area is 267 Å². The predicted octanol–water partition coefficient (Wildman–Crippen LogP) is 4.47. The highest BCUT2D eigenvalue weighted by Crippen LogP contribution is 2.37. The van der Waals surface area contributed by atoms with Crippen molar-refractivity contribution in [2.45, 2.75) is 51.2 Å². The Balaban J connectivity index is 1.32. The predicted molar refractivity (Wildman–Crippen MR) is 162 cm³/mol. The number of alkyl halides is 3. The summed E-state index contributed by atoms with van der Waals surface area (Å²) in [6.45, 7) is 2.95. The zero-order chi connectivity index (χ0) is 34.5. The van der Waals surface area contributed by atoms with Crippen LogP contribution in [0.15, 0.2) is 42.5 Å². The topological polar surface area (TPSA) is 176 Å². The SMILES string of the molecule is CC(=O)NC(Cc1cc([N+](=O)[O-])c(O)c([N+](=O)[O-])c1)C(=O)N1CCC(C2CCN(C(=O)/C=C/c3cccc(C(F)(F)F)c3)CC2)CC1. The van der Waals surface area contributed by atoms with Crippen LogP contribution in [-0.4, -0.2) is 74.7 Å². The molecule has 16 heteroatoms. The number of rotatable bonds is 9. The lowest BCUT2D eigenvalue weighted by Gasteiger charge is -2.40. The molecule has 2 heterocycles. The van der Waals surface area contributed by atoms with E-state index in [0.29, 0.717) is 44.9 Å². The zero-order valence-corrected chi connectivity index (χ0v) is 25.4. The van der Waals surface area contributed by atoms with Crippen molar-refractivity contribution < 1.29 is 42.5 Å². The second kappa shape index (κ2) is 14.6.